The molecule has 0 aromatic carbocycles. The average Bonchev–Trinajstić information content (AvgIpc) is 3.09. The van der Waals surface area contributed by atoms with Gasteiger partial charge >= 0.3 is 0 Å². The summed E-state index contributed by atoms with van der Waals surface area (Å²) in [5.41, 5.74) is 0.00901. The SMILES string of the molecule is CCC(CO)(CCCSCC1CCCC1)NC1CC1. The standard InChI is InChI=1S/C16H31NOS/c1-2-16(13-18,17-15-8-9-15)10-5-11-19-12-14-6-3-4-7-14/h14-15,17-18H,2-13H2,1H3. The predicted octanol–water partition coefficient (Wildman–Crippen LogP) is 3.58. The molecule has 0 bridgehead atoms. The summed E-state index contributed by atoms with van der Waals surface area (Å²) in [6, 6.07) is 0.693. The van der Waals surface area contributed by atoms with Crippen LogP contribution < -0.4 is 5.32 Å². The first-order chi connectivity index (χ1) is 9.28. The van der Waals surface area contributed by atoms with E-state index in [1.807, 2.05) is 0 Å². The van der Waals surface area contributed by atoms with Gasteiger partial charge in [0, 0.05) is 11.6 Å². The predicted molar refractivity (Wildman–Crippen MR) is 84.8 cm³/mol. The van der Waals surface area contributed by atoms with Crippen molar-refractivity contribution in [2.45, 2.75) is 76.3 Å². The molecule has 1 atom stereocenters. The Balaban J connectivity index is 1.58. The van der Waals surface area contributed by atoms with Crippen molar-refractivity contribution in [3.05, 3.63) is 0 Å². The van der Waals surface area contributed by atoms with Crippen molar-refractivity contribution in [3.8, 4) is 0 Å². The van der Waals surface area contributed by atoms with Gasteiger partial charge in [0.2, 0.25) is 0 Å². The highest BCUT2D eigenvalue weighted by Crippen LogP contribution is 2.30. The van der Waals surface area contributed by atoms with Crippen LogP contribution in [0.4, 0.5) is 0 Å². The number of aliphatic hydroxyl groups excluding tert-OH is 1. The molecule has 0 aliphatic heterocycles. The van der Waals surface area contributed by atoms with Crippen molar-refractivity contribution in [2.24, 2.45) is 5.92 Å². The molecule has 2 aliphatic carbocycles. The molecule has 2 fully saturated rings. The molecule has 3 heteroatoms. The Morgan fingerprint density at radius 3 is 2.53 bits per heavy atom. The number of hydrogen-bond acceptors (Lipinski definition) is 3. The summed E-state index contributed by atoms with van der Waals surface area (Å²) in [6.07, 6.45) is 11.9. The number of rotatable bonds is 10. The van der Waals surface area contributed by atoms with E-state index in [-0.39, 0.29) is 5.54 Å². The normalized spacial score (nSPS) is 23.7. The van der Waals surface area contributed by atoms with Gasteiger partial charge in [-0.1, -0.05) is 19.8 Å². The Morgan fingerprint density at radius 1 is 1.21 bits per heavy atom. The molecule has 0 amide bonds. The first-order valence-corrected chi connectivity index (χ1v) is 9.40. The van der Waals surface area contributed by atoms with Crippen LogP contribution in [0.2, 0.25) is 0 Å². The van der Waals surface area contributed by atoms with Gasteiger partial charge in [0.05, 0.1) is 6.61 Å². The molecule has 2 saturated carbocycles. The molecule has 0 spiro atoms. The van der Waals surface area contributed by atoms with E-state index in [1.165, 1.54) is 56.5 Å². The van der Waals surface area contributed by atoms with E-state index in [4.69, 9.17) is 0 Å². The zero-order valence-corrected chi connectivity index (χ0v) is 13.3. The molecule has 0 saturated heterocycles. The lowest BCUT2D eigenvalue weighted by molar-refractivity contribution is 0.144. The van der Waals surface area contributed by atoms with E-state index in [0.29, 0.717) is 12.6 Å². The Labute approximate surface area is 123 Å². The first kappa shape index (κ1) is 15.7. The minimum Gasteiger partial charge on any atom is -0.394 e. The highest BCUT2D eigenvalue weighted by atomic mass is 32.2. The molecule has 0 aromatic heterocycles. The van der Waals surface area contributed by atoms with E-state index in [0.717, 1.165) is 18.8 Å². The van der Waals surface area contributed by atoms with Crippen molar-refractivity contribution in [1.29, 1.82) is 0 Å². The highest BCUT2D eigenvalue weighted by molar-refractivity contribution is 7.99. The Bertz CT molecular complexity index is 245. The quantitative estimate of drug-likeness (QED) is 0.602. The topological polar surface area (TPSA) is 32.3 Å². The highest BCUT2D eigenvalue weighted by Gasteiger charge is 2.33. The van der Waals surface area contributed by atoms with E-state index in [2.05, 4.69) is 24.0 Å². The van der Waals surface area contributed by atoms with E-state index in [9.17, 15) is 5.11 Å². The third kappa shape index (κ3) is 5.28. The zero-order valence-electron chi connectivity index (χ0n) is 12.5. The summed E-state index contributed by atoms with van der Waals surface area (Å²) in [6.45, 7) is 2.50. The molecule has 0 heterocycles. The second-order valence-electron chi connectivity index (χ2n) is 6.54. The van der Waals surface area contributed by atoms with Crippen molar-refractivity contribution >= 4 is 11.8 Å². The summed E-state index contributed by atoms with van der Waals surface area (Å²) >= 11 is 2.14. The lowest BCUT2D eigenvalue weighted by Crippen LogP contribution is -2.49. The molecule has 2 N–H and O–H groups in total. The summed E-state index contributed by atoms with van der Waals surface area (Å²) in [7, 11) is 0. The van der Waals surface area contributed by atoms with Gasteiger partial charge in [0.25, 0.3) is 0 Å². The van der Waals surface area contributed by atoms with Crippen LogP contribution in [0.15, 0.2) is 0 Å². The molecule has 2 rings (SSSR count). The largest absolute Gasteiger partial charge is 0.394 e. The number of nitrogens with one attached hydrogen (secondary N) is 1. The first-order valence-electron chi connectivity index (χ1n) is 8.24. The van der Waals surface area contributed by atoms with Gasteiger partial charge in [-0.2, -0.15) is 11.8 Å². The van der Waals surface area contributed by atoms with E-state index >= 15 is 0 Å². The number of hydrogen-bond donors (Lipinski definition) is 2. The van der Waals surface area contributed by atoms with Crippen LogP contribution in [0.25, 0.3) is 0 Å². The number of thioether (sulfide) groups is 1. The molecule has 112 valence electrons. The van der Waals surface area contributed by atoms with E-state index in [1.54, 1.807) is 0 Å². The monoisotopic (exact) mass is 285 g/mol. The van der Waals surface area contributed by atoms with Crippen LogP contribution in [0.3, 0.4) is 0 Å². The van der Waals surface area contributed by atoms with Gasteiger partial charge in [-0.3, -0.25) is 0 Å². The second-order valence-corrected chi connectivity index (χ2v) is 7.69. The van der Waals surface area contributed by atoms with Crippen LogP contribution in [0, 0.1) is 5.92 Å². The van der Waals surface area contributed by atoms with E-state index < -0.39 is 0 Å². The van der Waals surface area contributed by atoms with Gasteiger partial charge in [-0.15, -0.1) is 0 Å². The lowest BCUT2D eigenvalue weighted by Gasteiger charge is -2.32. The molecule has 0 aromatic rings. The molecule has 0 radical (unpaired) electrons. The molecule has 19 heavy (non-hydrogen) atoms. The maximum Gasteiger partial charge on any atom is 0.0613 e. The minimum absolute atomic E-state index is 0.00901. The average molecular weight is 285 g/mol. The molecule has 2 aliphatic rings. The van der Waals surface area contributed by atoms with Gasteiger partial charge < -0.3 is 10.4 Å². The van der Waals surface area contributed by atoms with Crippen LogP contribution in [0.5, 0.6) is 0 Å². The molecular formula is C16H31NOS. The third-order valence-corrected chi connectivity index (χ3v) is 6.12. The Hall–Kier alpha value is 0.270. The zero-order chi connectivity index (χ0) is 13.6. The molecule has 2 nitrogen and oxygen atoms in total. The fourth-order valence-electron chi connectivity index (χ4n) is 3.19. The summed E-state index contributed by atoms with van der Waals surface area (Å²) in [5, 5.41) is 13.4. The van der Waals surface area contributed by atoms with Gasteiger partial charge in [-0.25, -0.2) is 0 Å². The van der Waals surface area contributed by atoms with Crippen LogP contribution >= 0.6 is 11.8 Å². The molecule has 1 unspecified atom stereocenters. The van der Waals surface area contributed by atoms with Gasteiger partial charge in [0.1, 0.15) is 0 Å². The summed E-state index contributed by atoms with van der Waals surface area (Å²) in [4.78, 5) is 0. The Morgan fingerprint density at radius 2 is 1.95 bits per heavy atom. The van der Waals surface area contributed by atoms with Crippen LogP contribution in [-0.2, 0) is 0 Å². The van der Waals surface area contributed by atoms with Gasteiger partial charge in [-0.05, 0) is 62.4 Å². The fraction of sp³-hybridized carbons (Fsp3) is 1.00. The minimum atomic E-state index is 0.00901. The van der Waals surface area contributed by atoms with Crippen LogP contribution in [0.1, 0.15) is 64.7 Å². The van der Waals surface area contributed by atoms with Crippen LogP contribution in [-0.4, -0.2) is 34.8 Å². The maximum absolute atomic E-state index is 9.71. The second kappa shape index (κ2) is 7.90. The van der Waals surface area contributed by atoms with Gasteiger partial charge in [0.15, 0.2) is 0 Å². The summed E-state index contributed by atoms with van der Waals surface area (Å²) < 4.78 is 0. The van der Waals surface area contributed by atoms with Crippen molar-refractivity contribution in [2.75, 3.05) is 18.1 Å². The van der Waals surface area contributed by atoms with Crippen molar-refractivity contribution in [1.82, 2.24) is 5.32 Å². The third-order valence-electron chi connectivity index (χ3n) is 4.84. The van der Waals surface area contributed by atoms with Crippen molar-refractivity contribution < 1.29 is 5.11 Å². The lowest BCUT2D eigenvalue weighted by atomic mass is 9.91. The fourth-order valence-corrected chi connectivity index (χ4v) is 4.37. The number of aliphatic hydroxyl groups is 1. The van der Waals surface area contributed by atoms with Crippen molar-refractivity contribution in [3.63, 3.8) is 0 Å². The smallest absolute Gasteiger partial charge is 0.0613 e. The summed E-state index contributed by atoms with van der Waals surface area (Å²) in [5.74, 6) is 3.64. The molecular weight excluding hydrogens is 254 g/mol. The maximum atomic E-state index is 9.71. The Kier molecular flexibility index (Phi) is 6.51.